The number of hydrogen-bond acceptors (Lipinski definition) is 3. The summed E-state index contributed by atoms with van der Waals surface area (Å²) in [6.07, 6.45) is 3.84. The molecule has 1 aliphatic carbocycles. The molecule has 1 aliphatic rings. The van der Waals surface area contributed by atoms with Gasteiger partial charge in [-0.05, 0) is 32.0 Å². The molecule has 0 radical (unpaired) electrons. The summed E-state index contributed by atoms with van der Waals surface area (Å²) in [5, 5.41) is 1.13. The third-order valence-electron chi connectivity index (χ3n) is 4.68. The fourth-order valence-electron chi connectivity index (χ4n) is 3.37. The van der Waals surface area contributed by atoms with Crippen LogP contribution in [0, 0.1) is 0 Å². The Bertz CT molecular complexity index is 662. The maximum atomic E-state index is 11.9. The number of rotatable bonds is 4. The molecule has 1 fully saturated rings. The van der Waals surface area contributed by atoms with Gasteiger partial charge in [0.05, 0.1) is 11.2 Å². The molecule has 3 rings (SSSR count). The number of aromatic nitrogens is 1. The van der Waals surface area contributed by atoms with Gasteiger partial charge < -0.3 is 5.73 Å². The lowest BCUT2D eigenvalue weighted by Gasteiger charge is -2.35. The molecule has 1 aromatic heterocycles. The molecule has 0 unspecified atom stereocenters. The number of pyridine rings is 1. The molecule has 21 heavy (non-hydrogen) atoms. The van der Waals surface area contributed by atoms with Gasteiger partial charge in [-0.15, -0.1) is 0 Å². The molecule has 0 bridgehead atoms. The zero-order valence-electron chi connectivity index (χ0n) is 12.4. The van der Waals surface area contributed by atoms with Crippen LogP contribution in [0.1, 0.15) is 31.4 Å². The van der Waals surface area contributed by atoms with Crippen LogP contribution in [-0.2, 0) is 11.3 Å². The van der Waals surface area contributed by atoms with Crippen LogP contribution >= 0.6 is 0 Å². The van der Waals surface area contributed by atoms with Crippen molar-refractivity contribution in [2.45, 2.75) is 37.8 Å². The zero-order valence-corrected chi connectivity index (χ0v) is 12.4. The van der Waals surface area contributed by atoms with E-state index < -0.39 is 5.54 Å². The SMILES string of the molecule is CN(Cc1ccc2ccccc2n1)C1(C(N)=O)CCCC1. The Morgan fingerprint density at radius 1 is 1.24 bits per heavy atom. The van der Waals surface area contributed by atoms with Crippen molar-refractivity contribution in [1.29, 1.82) is 0 Å². The number of para-hydroxylation sites is 1. The minimum atomic E-state index is -0.493. The summed E-state index contributed by atoms with van der Waals surface area (Å²) < 4.78 is 0. The van der Waals surface area contributed by atoms with Gasteiger partial charge in [-0.25, -0.2) is 0 Å². The van der Waals surface area contributed by atoms with E-state index in [9.17, 15) is 4.79 Å². The highest BCUT2D eigenvalue weighted by atomic mass is 16.1. The molecule has 0 atom stereocenters. The van der Waals surface area contributed by atoms with Crippen LogP contribution in [0.25, 0.3) is 10.9 Å². The predicted molar refractivity (Wildman–Crippen MR) is 83.6 cm³/mol. The van der Waals surface area contributed by atoms with E-state index >= 15 is 0 Å². The second kappa shape index (κ2) is 5.45. The number of fused-ring (bicyclic) bond motifs is 1. The lowest BCUT2D eigenvalue weighted by molar-refractivity contribution is -0.129. The summed E-state index contributed by atoms with van der Waals surface area (Å²) in [4.78, 5) is 18.7. The molecule has 2 aromatic rings. The van der Waals surface area contributed by atoms with Gasteiger partial charge in [0.15, 0.2) is 0 Å². The first-order valence-corrected chi connectivity index (χ1v) is 7.48. The van der Waals surface area contributed by atoms with Crippen molar-refractivity contribution in [1.82, 2.24) is 9.88 Å². The van der Waals surface area contributed by atoms with Crippen LogP contribution in [0.2, 0.25) is 0 Å². The number of carbonyl (C=O) groups is 1. The number of carbonyl (C=O) groups excluding carboxylic acids is 1. The van der Waals surface area contributed by atoms with E-state index in [0.29, 0.717) is 6.54 Å². The summed E-state index contributed by atoms with van der Waals surface area (Å²) >= 11 is 0. The average Bonchev–Trinajstić information content (AvgIpc) is 2.98. The number of likely N-dealkylation sites (N-methyl/N-ethyl adjacent to an activating group) is 1. The van der Waals surface area contributed by atoms with E-state index in [0.717, 1.165) is 42.3 Å². The quantitative estimate of drug-likeness (QED) is 0.937. The lowest BCUT2D eigenvalue weighted by atomic mass is 9.94. The summed E-state index contributed by atoms with van der Waals surface area (Å²) in [5.41, 5.74) is 7.15. The van der Waals surface area contributed by atoms with E-state index in [-0.39, 0.29) is 5.91 Å². The molecule has 0 aliphatic heterocycles. The van der Waals surface area contributed by atoms with Gasteiger partial charge in [0.2, 0.25) is 5.91 Å². The van der Waals surface area contributed by atoms with Crippen LogP contribution in [-0.4, -0.2) is 28.4 Å². The van der Waals surface area contributed by atoms with E-state index in [1.165, 1.54) is 0 Å². The molecule has 1 aromatic carbocycles. The van der Waals surface area contributed by atoms with Gasteiger partial charge in [0.25, 0.3) is 0 Å². The smallest absolute Gasteiger partial charge is 0.237 e. The first kappa shape index (κ1) is 14.0. The van der Waals surface area contributed by atoms with Crippen LogP contribution in [0.15, 0.2) is 36.4 Å². The normalized spacial score (nSPS) is 17.4. The molecule has 0 spiro atoms. The molecule has 1 amide bonds. The molecule has 2 N–H and O–H groups in total. The Labute approximate surface area is 125 Å². The Morgan fingerprint density at radius 2 is 1.95 bits per heavy atom. The van der Waals surface area contributed by atoms with Crippen LogP contribution in [0.4, 0.5) is 0 Å². The maximum Gasteiger partial charge on any atom is 0.237 e. The highest BCUT2D eigenvalue weighted by Crippen LogP contribution is 2.35. The van der Waals surface area contributed by atoms with Gasteiger partial charge in [-0.2, -0.15) is 0 Å². The lowest BCUT2D eigenvalue weighted by Crippen LogP contribution is -2.53. The van der Waals surface area contributed by atoms with Gasteiger partial charge >= 0.3 is 0 Å². The fraction of sp³-hybridized carbons (Fsp3) is 0.412. The van der Waals surface area contributed by atoms with Gasteiger partial charge in [-0.1, -0.05) is 37.1 Å². The number of benzene rings is 1. The number of amides is 1. The minimum Gasteiger partial charge on any atom is -0.368 e. The standard InChI is InChI=1S/C17H21N3O/c1-20(17(16(18)21)10-4-5-11-17)12-14-9-8-13-6-2-3-7-15(13)19-14/h2-3,6-9H,4-5,10-12H2,1H3,(H2,18,21). The molecule has 1 saturated carbocycles. The third kappa shape index (κ3) is 2.51. The third-order valence-corrected chi connectivity index (χ3v) is 4.68. The second-order valence-corrected chi connectivity index (χ2v) is 5.95. The zero-order chi connectivity index (χ0) is 14.9. The van der Waals surface area contributed by atoms with Crippen molar-refractivity contribution in [3.05, 3.63) is 42.1 Å². The first-order chi connectivity index (χ1) is 10.1. The van der Waals surface area contributed by atoms with E-state index in [1.807, 2.05) is 31.3 Å². The summed E-state index contributed by atoms with van der Waals surface area (Å²) in [5.74, 6) is -0.205. The van der Waals surface area contributed by atoms with E-state index in [2.05, 4.69) is 22.0 Å². The van der Waals surface area contributed by atoms with Gasteiger partial charge in [0, 0.05) is 11.9 Å². The molecule has 1 heterocycles. The monoisotopic (exact) mass is 283 g/mol. The molecule has 110 valence electrons. The molecule has 0 saturated heterocycles. The highest BCUT2D eigenvalue weighted by Gasteiger charge is 2.43. The average molecular weight is 283 g/mol. The van der Waals surface area contributed by atoms with Crippen LogP contribution < -0.4 is 5.73 Å². The summed E-state index contributed by atoms with van der Waals surface area (Å²) in [6.45, 7) is 0.647. The molecular formula is C17H21N3O. The van der Waals surface area contributed by atoms with Crippen molar-refractivity contribution >= 4 is 16.8 Å². The van der Waals surface area contributed by atoms with Crippen molar-refractivity contribution in [3.63, 3.8) is 0 Å². The number of hydrogen-bond donors (Lipinski definition) is 1. The maximum absolute atomic E-state index is 11.9. The van der Waals surface area contributed by atoms with E-state index in [4.69, 9.17) is 5.73 Å². The van der Waals surface area contributed by atoms with Crippen LogP contribution in [0.3, 0.4) is 0 Å². The van der Waals surface area contributed by atoms with Crippen molar-refractivity contribution in [3.8, 4) is 0 Å². The van der Waals surface area contributed by atoms with Crippen molar-refractivity contribution < 1.29 is 4.79 Å². The predicted octanol–water partition coefficient (Wildman–Crippen LogP) is 2.46. The van der Waals surface area contributed by atoms with E-state index in [1.54, 1.807) is 0 Å². The van der Waals surface area contributed by atoms with Crippen molar-refractivity contribution in [2.75, 3.05) is 7.05 Å². The highest BCUT2D eigenvalue weighted by molar-refractivity contribution is 5.85. The summed E-state index contributed by atoms with van der Waals surface area (Å²) in [6, 6.07) is 12.2. The van der Waals surface area contributed by atoms with Gasteiger partial charge in [0.1, 0.15) is 5.54 Å². The summed E-state index contributed by atoms with van der Waals surface area (Å²) in [7, 11) is 1.98. The second-order valence-electron chi connectivity index (χ2n) is 5.95. The minimum absolute atomic E-state index is 0.205. The Kier molecular flexibility index (Phi) is 3.64. The molecular weight excluding hydrogens is 262 g/mol. The van der Waals surface area contributed by atoms with Crippen LogP contribution in [0.5, 0.6) is 0 Å². The fourth-order valence-corrected chi connectivity index (χ4v) is 3.37. The number of nitrogens with two attached hydrogens (primary N) is 1. The molecule has 4 heteroatoms. The Morgan fingerprint density at radius 3 is 2.67 bits per heavy atom. The van der Waals surface area contributed by atoms with Gasteiger partial charge in [-0.3, -0.25) is 14.7 Å². The Balaban J connectivity index is 1.85. The molecule has 4 nitrogen and oxygen atoms in total. The Hall–Kier alpha value is -1.94. The largest absolute Gasteiger partial charge is 0.368 e. The first-order valence-electron chi connectivity index (χ1n) is 7.48. The van der Waals surface area contributed by atoms with Crippen molar-refractivity contribution in [2.24, 2.45) is 5.73 Å². The topological polar surface area (TPSA) is 59.2 Å². The number of primary amides is 1. The number of nitrogens with zero attached hydrogens (tertiary/aromatic N) is 2.